The molecular formula is C12H18N2O2. The highest BCUT2D eigenvalue weighted by molar-refractivity contribution is 5.77. The number of para-hydroxylation sites is 1. The number of hydrogen-bond donors (Lipinski definition) is 1. The van der Waals surface area contributed by atoms with Crippen molar-refractivity contribution in [3.8, 4) is 0 Å². The largest absolute Gasteiger partial charge is 0.398 e. The van der Waals surface area contributed by atoms with E-state index in [0.717, 1.165) is 5.56 Å². The SMILES string of the molecule is CCOCC(=O)N(C)Cc1ccccc1N. The standard InChI is InChI=1S/C12H18N2O2/c1-3-16-9-12(15)14(2)8-10-6-4-5-7-11(10)13/h4-7H,3,8-9,13H2,1-2H3. The summed E-state index contributed by atoms with van der Waals surface area (Å²) in [5.74, 6) is -0.0369. The first-order chi connectivity index (χ1) is 7.65. The summed E-state index contributed by atoms with van der Waals surface area (Å²) in [4.78, 5) is 13.2. The van der Waals surface area contributed by atoms with Gasteiger partial charge in [0, 0.05) is 25.9 Å². The van der Waals surface area contributed by atoms with Gasteiger partial charge in [0.25, 0.3) is 0 Å². The molecule has 0 saturated heterocycles. The molecule has 0 aliphatic carbocycles. The van der Waals surface area contributed by atoms with E-state index >= 15 is 0 Å². The molecule has 0 fully saturated rings. The van der Waals surface area contributed by atoms with E-state index in [1.54, 1.807) is 11.9 Å². The zero-order valence-corrected chi connectivity index (χ0v) is 9.77. The number of benzene rings is 1. The molecule has 88 valence electrons. The second-order valence-corrected chi connectivity index (χ2v) is 3.59. The number of rotatable bonds is 5. The van der Waals surface area contributed by atoms with E-state index in [2.05, 4.69) is 0 Å². The summed E-state index contributed by atoms with van der Waals surface area (Å²) in [6, 6.07) is 7.53. The van der Waals surface area contributed by atoms with Crippen molar-refractivity contribution in [1.29, 1.82) is 0 Å². The number of ether oxygens (including phenoxy) is 1. The molecular weight excluding hydrogens is 204 g/mol. The predicted octanol–water partition coefficient (Wildman–Crippen LogP) is 1.26. The van der Waals surface area contributed by atoms with Gasteiger partial charge in [-0.05, 0) is 18.6 Å². The molecule has 0 heterocycles. The first-order valence-electron chi connectivity index (χ1n) is 5.30. The van der Waals surface area contributed by atoms with E-state index in [1.807, 2.05) is 31.2 Å². The number of nitrogen functional groups attached to an aromatic ring is 1. The number of amides is 1. The number of likely N-dealkylation sites (N-methyl/N-ethyl adjacent to an activating group) is 1. The summed E-state index contributed by atoms with van der Waals surface area (Å²) in [6.07, 6.45) is 0. The van der Waals surface area contributed by atoms with Crippen LogP contribution < -0.4 is 5.73 Å². The van der Waals surface area contributed by atoms with Crippen molar-refractivity contribution < 1.29 is 9.53 Å². The molecule has 1 rings (SSSR count). The molecule has 0 radical (unpaired) electrons. The fraction of sp³-hybridized carbons (Fsp3) is 0.417. The molecule has 0 unspecified atom stereocenters. The first-order valence-corrected chi connectivity index (χ1v) is 5.30. The van der Waals surface area contributed by atoms with E-state index in [0.29, 0.717) is 18.8 Å². The van der Waals surface area contributed by atoms with E-state index in [9.17, 15) is 4.79 Å². The maximum atomic E-state index is 11.6. The van der Waals surface area contributed by atoms with Crippen LogP contribution in [0.15, 0.2) is 24.3 Å². The summed E-state index contributed by atoms with van der Waals surface area (Å²) < 4.78 is 5.06. The zero-order valence-electron chi connectivity index (χ0n) is 9.77. The normalized spacial score (nSPS) is 10.1. The molecule has 4 heteroatoms. The number of carbonyl (C=O) groups is 1. The van der Waals surface area contributed by atoms with Crippen molar-refractivity contribution in [2.45, 2.75) is 13.5 Å². The highest BCUT2D eigenvalue weighted by atomic mass is 16.5. The molecule has 0 saturated carbocycles. The number of nitrogens with two attached hydrogens (primary N) is 1. The van der Waals surface area contributed by atoms with Gasteiger partial charge in [0.2, 0.25) is 5.91 Å². The molecule has 0 bridgehead atoms. The van der Waals surface area contributed by atoms with Crippen LogP contribution in [0.1, 0.15) is 12.5 Å². The van der Waals surface area contributed by atoms with Gasteiger partial charge in [0.1, 0.15) is 6.61 Å². The van der Waals surface area contributed by atoms with Crippen LogP contribution in [0, 0.1) is 0 Å². The number of hydrogen-bond acceptors (Lipinski definition) is 3. The summed E-state index contributed by atoms with van der Waals surface area (Å²) >= 11 is 0. The maximum Gasteiger partial charge on any atom is 0.248 e. The molecule has 4 nitrogen and oxygen atoms in total. The quantitative estimate of drug-likeness (QED) is 0.763. The Morgan fingerprint density at radius 2 is 2.12 bits per heavy atom. The third kappa shape index (κ3) is 3.55. The average Bonchev–Trinajstić information content (AvgIpc) is 2.28. The second kappa shape index (κ2) is 6.12. The summed E-state index contributed by atoms with van der Waals surface area (Å²) in [7, 11) is 1.74. The minimum Gasteiger partial charge on any atom is -0.398 e. The van der Waals surface area contributed by atoms with Crippen molar-refractivity contribution in [1.82, 2.24) is 4.90 Å². The Bertz CT molecular complexity index is 353. The first kappa shape index (κ1) is 12.5. The molecule has 0 aliphatic heterocycles. The highest BCUT2D eigenvalue weighted by Crippen LogP contribution is 2.12. The monoisotopic (exact) mass is 222 g/mol. The van der Waals surface area contributed by atoms with E-state index < -0.39 is 0 Å². The Hall–Kier alpha value is -1.55. The Kier molecular flexibility index (Phi) is 4.79. The lowest BCUT2D eigenvalue weighted by molar-refractivity contribution is -0.135. The lowest BCUT2D eigenvalue weighted by atomic mass is 10.2. The highest BCUT2D eigenvalue weighted by Gasteiger charge is 2.09. The molecule has 0 aliphatic rings. The number of nitrogens with zero attached hydrogens (tertiary/aromatic N) is 1. The Balaban J connectivity index is 2.54. The lowest BCUT2D eigenvalue weighted by Crippen LogP contribution is -2.30. The van der Waals surface area contributed by atoms with Gasteiger partial charge in [-0.15, -0.1) is 0 Å². The summed E-state index contributed by atoms with van der Waals surface area (Å²) in [6.45, 7) is 3.05. The van der Waals surface area contributed by atoms with Gasteiger partial charge < -0.3 is 15.4 Å². The minimum absolute atomic E-state index is 0.0369. The van der Waals surface area contributed by atoms with Crippen LogP contribution in [0.2, 0.25) is 0 Å². The predicted molar refractivity (Wildman–Crippen MR) is 63.8 cm³/mol. The molecule has 2 N–H and O–H groups in total. The number of anilines is 1. The van der Waals surface area contributed by atoms with Crippen LogP contribution in [0.3, 0.4) is 0 Å². The molecule has 0 aromatic heterocycles. The van der Waals surface area contributed by atoms with Gasteiger partial charge in [-0.2, -0.15) is 0 Å². The molecule has 1 amide bonds. The van der Waals surface area contributed by atoms with E-state index in [1.165, 1.54) is 0 Å². The molecule has 0 atom stereocenters. The van der Waals surface area contributed by atoms with Crippen LogP contribution in [0.4, 0.5) is 5.69 Å². The minimum atomic E-state index is -0.0369. The Morgan fingerprint density at radius 3 is 2.75 bits per heavy atom. The van der Waals surface area contributed by atoms with Gasteiger partial charge >= 0.3 is 0 Å². The van der Waals surface area contributed by atoms with Crippen molar-refractivity contribution in [2.24, 2.45) is 0 Å². The fourth-order valence-electron chi connectivity index (χ4n) is 1.32. The Morgan fingerprint density at radius 1 is 1.44 bits per heavy atom. The van der Waals surface area contributed by atoms with Crippen LogP contribution in [0.25, 0.3) is 0 Å². The molecule has 0 spiro atoms. The maximum absolute atomic E-state index is 11.6. The van der Waals surface area contributed by atoms with Crippen molar-refractivity contribution in [2.75, 3.05) is 26.0 Å². The topological polar surface area (TPSA) is 55.6 Å². The fourth-order valence-corrected chi connectivity index (χ4v) is 1.32. The summed E-state index contributed by atoms with van der Waals surface area (Å²) in [5, 5.41) is 0. The van der Waals surface area contributed by atoms with E-state index in [-0.39, 0.29) is 12.5 Å². The van der Waals surface area contributed by atoms with Gasteiger partial charge in [0.15, 0.2) is 0 Å². The molecule has 16 heavy (non-hydrogen) atoms. The van der Waals surface area contributed by atoms with Gasteiger partial charge in [-0.25, -0.2) is 0 Å². The van der Waals surface area contributed by atoms with Gasteiger partial charge in [-0.1, -0.05) is 18.2 Å². The smallest absolute Gasteiger partial charge is 0.248 e. The van der Waals surface area contributed by atoms with Crippen LogP contribution in [-0.2, 0) is 16.1 Å². The van der Waals surface area contributed by atoms with Gasteiger partial charge in [-0.3, -0.25) is 4.79 Å². The summed E-state index contributed by atoms with van der Waals surface area (Å²) in [5.41, 5.74) is 7.46. The third-order valence-corrected chi connectivity index (χ3v) is 2.32. The number of carbonyl (C=O) groups excluding carboxylic acids is 1. The third-order valence-electron chi connectivity index (χ3n) is 2.32. The van der Waals surface area contributed by atoms with Crippen LogP contribution >= 0.6 is 0 Å². The van der Waals surface area contributed by atoms with Crippen LogP contribution in [-0.4, -0.2) is 31.1 Å². The zero-order chi connectivity index (χ0) is 12.0. The van der Waals surface area contributed by atoms with Crippen molar-refractivity contribution >= 4 is 11.6 Å². The van der Waals surface area contributed by atoms with Crippen molar-refractivity contribution in [3.05, 3.63) is 29.8 Å². The lowest BCUT2D eigenvalue weighted by Gasteiger charge is -2.18. The molecule has 1 aromatic rings. The average molecular weight is 222 g/mol. The van der Waals surface area contributed by atoms with Crippen LogP contribution in [0.5, 0.6) is 0 Å². The van der Waals surface area contributed by atoms with Gasteiger partial charge in [0.05, 0.1) is 0 Å². The Labute approximate surface area is 96.0 Å². The molecule has 1 aromatic carbocycles. The second-order valence-electron chi connectivity index (χ2n) is 3.59. The van der Waals surface area contributed by atoms with E-state index in [4.69, 9.17) is 10.5 Å². The van der Waals surface area contributed by atoms with Crippen molar-refractivity contribution in [3.63, 3.8) is 0 Å².